The van der Waals surface area contributed by atoms with E-state index in [-0.39, 0.29) is 11.6 Å². The summed E-state index contributed by atoms with van der Waals surface area (Å²) in [4.78, 5) is 13.0. The normalized spacial score (nSPS) is 11.0. The summed E-state index contributed by atoms with van der Waals surface area (Å²) in [6.07, 6.45) is 1.58. The summed E-state index contributed by atoms with van der Waals surface area (Å²) in [6.45, 7) is 0. The van der Waals surface area contributed by atoms with Crippen LogP contribution in [0.3, 0.4) is 0 Å². The number of aromatic nitrogens is 2. The van der Waals surface area contributed by atoms with E-state index in [1.54, 1.807) is 30.5 Å². The number of halogens is 2. The number of hydrazone groups is 1. The Bertz CT molecular complexity index is 858. The lowest BCUT2D eigenvalue weighted by Crippen LogP contribution is -2.17. The molecule has 3 aromatic rings. The van der Waals surface area contributed by atoms with Crippen molar-refractivity contribution in [2.24, 2.45) is 5.10 Å². The van der Waals surface area contributed by atoms with Gasteiger partial charge < -0.3 is 0 Å². The van der Waals surface area contributed by atoms with Gasteiger partial charge in [0.1, 0.15) is 5.69 Å². The van der Waals surface area contributed by atoms with Gasteiger partial charge in [-0.25, -0.2) is 5.43 Å². The Hall–Kier alpha value is -2.15. The van der Waals surface area contributed by atoms with Gasteiger partial charge in [0, 0.05) is 15.5 Å². The summed E-state index contributed by atoms with van der Waals surface area (Å²) < 4.78 is 0. The van der Waals surface area contributed by atoms with E-state index < -0.39 is 0 Å². The first-order valence-corrected chi connectivity index (χ1v) is 8.15. The molecule has 0 saturated carbocycles. The predicted octanol–water partition coefficient (Wildman–Crippen LogP) is 4.21. The molecule has 0 fully saturated rings. The number of rotatable bonds is 4. The molecule has 0 spiro atoms. The fourth-order valence-corrected chi connectivity index (χ4v) is 2.94. The summed E-state index contributed by atoms with van der Waals surface area (Å²) in [7, 11) is 0. The lowest BCUT2D eigenvalue weighted by Gasteiger charge is -2.00. The van der Waals surface area contributed by atoms with Gasteiger partial charge in [0.15, 0.2) is 0 Å². The number of hydrogen-bond acceptors (Lipinski definition) is 4. The van der Waals surface area contributed by atoms with Gasteiger partial charge >= 0.3 is 0 Å². The van der Waals surface area contributed by atoms with Crippen molar-refractivity contribution < 1.29 is 4.79 Å². The Labute approximate surface area is 145 Å². The summed E-state index contributed by atoms with van der Waals surface area (Å²) in [6, 6.07) is 10.5. The van der Waals surface area contributed by atoms with Gasteiger partial charge in [-0.3, -0.25) is 9.89 Å². The van der Waals surface area contributed by atoms with Crippen LogP contribution in [0.1, 0.15) is 15.4 Å². The van der Waals surface area contributed by atoms with Crippen LogP contribution >= 0.6 is 34.5 Å². The highest BCUT2D eigenvalue weighted by atomic mass is 35.5. The lowest BCUT2D eigenvalue weighted by molar-refractivity contribution is 0.0950. The number of thiophene rings is 1. The molecule has 0 aliphatic carbocycles. The van der Waals surface area contributed by atoms with Crippen molar-refractivity contribution in [3.63, 3.8) is 0 Å². The molecule has 1 aromatic carbocycles. The quantitative estimate of drug-likeness (QED) is 0.537. The molecule has 2 aromatic heterocycles. The molecule has 0 bridgehead atoms. The second kappa shape index (κ2) is 6.95. The van der Waals surface area contributed by atoms with Crippen LogP contribution in [0.15, 0.2) is 46.9 Å². The molecule has 116 valence electrons. The molecule has 1 amide bonds. The zero-order valence-corrected chi connectivity index (χ0v) is 13.9. The van der Waals surface area contributed by atoms with Gasteiger partial charge in [-0.05, 0) is 35.7 Å². The Balaban J connectivity index is 1.72. The number of benzene rings is 1. The topological polar surface area (TPSA) is 70.1 Å². The number of carbonyl (C=O) groups is 1. The van der Waals surface area contributed by atoms with Gasteiger partial charge in [0.05, 0.1) is 16.9 Å². The maximum absolute atomic E-state index is 12.0. The van der Waals surface area contributed by atoms with Gasteiger partial charge in [-0.1, -0.05) is 29.3 Å². The number of aromatic amines is 1. The number of carbonyl (C=O) groups excluding carboxylic acids is 1. The fourth-order valence-electron chi connectivity index (χ4n) is 1.85. The molecule has 5 nitrogen and oxygen atoms in total. The second-order valence-electron chi connectivity index (χ2n) is 4.51. The molecule has 0 atom stereocenters. The van der Waals surface area contributed by atoms with E-state index in [9.17, 15) is 4.79 Å². The third-order valence-electron chi connectivity index (χ3n) is 2.93. The van der Waals surface area contributed by atoms with Crippen LogP contribution in [0.5, 0.6) is 0 Å². The standard InChI is InChI=1S/C15H10Cl2N4OS/c16-9-3-4-11(12(17)6-9)13-7-14(20-19-13)15(22)21-18-8-10-2-1-5-23-10/h1-8H,(H,19,20)(H,21,22)/b18-8-. The number of nitrogens with zero attached hydrogens (tertiary/aromatic N) is 2. The summed E-state index contributed by atoms with van der Waals surface area (Å²) in [5.41, 5.74) is 3.97. The van der Waals surface area contributed by atoms with E-state index in [0.717, 1.165) is 4.88 Å². The Morgan fingerprint density at radius 1 is 1.30 bits per heavy atom. The smallest absolute Gasteiger partial charge is 0.272 e. The second-order valence-corrected chi connectivity index (χ2v) is 6.33. The zero-order chi connectivity index (χ0) is 16.2. The minimum atomic E-state index is -0.387. The Kier molecular flexibility index (Phi) is 4.76. The van der Waals surface area contributed by atoms with Crippen LogP contribution in [0.2, 0.25) is 10.0 Å². The summed E-state index contributed by atoms with van der Waals surface area (Å²) in [5, 5.41) is 13.6. The number of H-pyrrole nitrogens is 1. The maximum Gasteiger partial charge on any atom is 0.289 e. The largest absolute Gasteiger partial charge is 0.289 e. The fraction of sp³-hybridized carbons (Fsp3) is 0. The Morgan fingerprint density at radius 3 is 2.91 bits per heavy atom. The van der Waals surface area contributed by atoms with E-state index in [2.05, 4.69) is 20.7 Å². The monoisotopic (exact) mass is 364 g/mol. The third-order valence-corrected chi connectivity index (χ3v) is 4.29. The van der Waals surface area contributed by atoms with Crippen molar-refractivity contribution in [2.45, 2.75) is 0 Å². The average Bonchev–Trinajstić information content (AvgIpc) is 3.18. The number of hydrogen-bond donors (Lipinski definition) is 2. The molecule has 0 aliphatic heterocycles. The molecule has 0 aliphatic rings. The minimum absolute atomic E-state index is 0.286. The van der Waals surface area contributed by atoms with Crippen molar-refractivity contribution in [1.29, 1.82) is 0 Å². The lowest BCUT2D eigenvalue weighted by atomic mass is 10.1. The predicted molar refractivity (Wildman–Crippen MR) is 93.4 cm³/mol. The SMILES string of the molecule is O=C(N/N=C\c1cccs1)c1cc(-c2ccc(Cl)cc2Cl)n[nH]1. The van der Waals surface area contributed by atoms with Crippen LogP contribution in [0.4, 0.5) is 0 Å². The van der Waals surface area contributed by atoms with E-state index in [4.69, 9.17) is 23.2 Å². The average molecular weight is 365 g/mol. The minimum Gasteiger partial charge on any atom is -0.272 e. The van der Waals surface area contributed by atoms with E-state index >= 15 is 0 Å². The van der Waals surface area contributed by atoms with Gasteiger partial charge in [-0.2, -0.15) is 10.2 Å². The molecule has 2 N–H and O–H groups in total. The van der Waals surface area contributed by atoms with Crippen molar-refractivity contribution in [3.05, 3.63) is 62.4 Å². The first kappa shape index (κ1) is 15.7. The van der Waals surface area contributed by atoms with Gasteiger partial charge in [0.2, 0.25) is 0 Å². The van der Waals surface area contributed by atoms with Crippen molar-refractivity contribution in [2.75, 3.05) is 0 Å². The highest BCUT2D eigenvalue weighted by molar-refractivity contribution is 7.11. The highest BCUT2D eigenvalue weighted by Crippen LogP contribution is 2.29. The first-order chi connectivity index (χ1) is 11.1. The first-order valence-electron chi connectivity index (χ1n) is 6.51. The van der Waals surface area contributed by atoms with Crippen LogP contribution in [-0.2, 0) is 0 Å². The molecule has 23 heavy (non-hydrogen) atoms. The summed E-state index contributed by atoms with van der Waals surface area (Å²) in [5.74, 6) is -0.387. The van der Waals surface area contributed by atoms with Crippen LogP contribution in [-0.4, -0.2) is 22.3 Å². The van der Waals surface area contributed by atoms with Crippen molar-refractivity contribution >= 4 is 46.7 Å². The van der Waals surface area contributed by atoms with Crippen LogP contribution in [0, 0.1) is 0 Å². The molecule has 0 unspecified atom stereocenters. The third kappa shape index (κ3) is 3.79. The Morgan fingerprint density at radius 2 is 2.17 bits per heavy atom. The molecular formula is C15H10Cl2N4OS. The van der Waals surface area contributed by atoms with Crippen molar-refractivity contribution in [3.8, 4) is 11.3 Å². The highest BCUT2D eigenvalue weighted by Gasteiger charge is 2.12. The molecule has 8 heteroatoms. The van der Waals surface area contributed by atoms with Gasteiger partial charge in [0.25, 0.3) is 5.91 Å². The van der Waals surface area contributed by atoms with Crippen LogP contribution < -0.4 is 5.43 Å². The zero-order valence-electron chi connectivity index (χ0n) is 11.6. The number of amides is 1. The maximum atomic E-state index is 12.0. The summed E-state index contributed by atoms with van der Waals surface area (Å²) >= 11 is 13.5. The van der Waals surface area contributed by atoms with E-state index in [1.165, 1.54) is 11.3 Å². The molecule has 0 saturated heterocycles. The van der Waals surface area contributed by atoms with Gasteiger partial charge in [-0.15, -0.1) is 11.3 Å². The molecular weight excluding hydrogens is 355 g/mol. The van der Waals surface area contributed by atoms with Crippen molar-refractivity contribution in [1.82, 2.24) is 15.6 Å². The van der Waals surface area contributed by atoms with E-state index in [1.807, 2.05) is 17.5 Å². The molecule has 3 rings (SSSR count). The van der Waals surface area contributed by atoms with Crippen LogP contribution in [0.25, 0.3) is 11.3 Å². The molecule has 0 radical (unpaired) electrons. The van der Waals surface area contributed by atoms with E-state index in [0.29, 0.717) is 21.3 Å². The molecule has 2 heterocycles. The number of nitrogens with one attached hydrogen (secondary N) is 2.